The molecule has 4 aromatic rings. The molecule has 2 aromatic carbocycles. The van der Waals surface area contributed by atoms with Crippen molar-refractivity contribution in [3.8, 4) is 11.6 Å². The van der Waals surface area contributed by atoms with Gasteiger partial charge in [-0.05, 0) is 124 Å². The first-order chi connectivity index (χ1) is 37.7. The third-order valence-electron chi connectivity index (χ3n) is 16.1. The van der Waals surface area contributed by atoms with Gasteiger partial charge in [-0.15, -0.1) is 0 Å². The van der Waals surface area contributed by atoms with Gasteiger partial charge in [-0.2, -0.15) is 8.42 Å². The van der Waals surface area contributed by atoms with Crippen molar-refractivity contribution in [3.63, 3.8) is 0 Å². The Hall–Kier alpha value is -5.01. The molecule has 3 heterocycles. The van der Waals surface area contributed by atoms with Crippen LogP contribution in [0.5, 0.6) is 11.6 Å². The molecule has 13 heteroatoms. The molecule has 0 spiro atoms. The number of amides is 1. The van der Waals surface area contributed by atoms with Crippen LogP contribution in [0.15, 0.2) is 83.9 Å². The summed E-state index contributed by atoms with van der Waals surface area (Å²) in [7, 11) is -0.528. The van der Waals surface area contributed by atoms with Gasteiger partial charge in [-0.1, -0.05) is 160 Å². The number of nitrogens with zero attached hydrogens (tertiary/aromatic N) is 4. The number of anilines is 2. The lowest BCUT2D eigenvalue weighted by Gasteiger charge is -2.36. The fourth-order valence-corrected chi connectivity index (χ4v) is 12.0. The third-order valence-corrected chi connectivity index (χ3v) is 17.5. The smallest absolute Gasteiger partial charge is 0.306 e. The number of methoxy groups -OCH3 is 2. The standard InChI is InChI=1S/C65H96N4O8S/c1-51-30-35-57(36-31-51)78(72,73)77-45-26-24-22-20-18-16-14-12-10-8-7-9-11-13-15-17-19-21-23-25-41-65(3,4)50-69(61-29-27-28-52(2)67-61)64(71)58-37-34-56(74-5)47-60(58)68-43-39-53(40-44-68)49-76-62-46-55(38-42-66-62)59(54-32-33-54)48-63(70)75-6/h27-31,34-38,42,46-47,53-54,59H,7-26,32-33,39-41,43-45,48-50H2,1-6H3/t59-/m0/s1. The summed E-state index contributed by atoms with van der Waals surface area (Å²) in [5.74, 6) is 2.74. The molecule has 1 aliphatic heterocycles. The molecule has 0 radical (unpaired) electrons. The molecular weight excluding hydrogens is 997 g/mol. The van der Waals surface area contributed by atoms with Gasteiger partial charge in [0.1, 0.15) is 11.6 Å². The highest BCUT2D eigenvalue weighted by atomic mass is 32.2. The molecule has 0 bridgehead atoms. The first-order valence-corrected chi connectivity index (χ1v) is 31.5. The number of aryl methyl sites for hydroxylation is 2. The van der Waals surface area contributed by atoms with E-state index in [0.717, 1.165) is 99.1 Å². The second kappa shape index (κ2) is 32.9. The Morgan fingerprint density at radius 1 is 0.718 bits per heavy atom. The van der Waals surface area contributed by atoms with Gasteiger partial charge in [0.05, 0.1) is 50.0 Å². The van der Waals surface area contributed by atoms with Crippen molar-refractivity contribution in [1.82, 2.24) is 9.97 Å². The van der Waals surface area contributed by atoms with Gasteiger partial charge in [0.15, 0.2) is 0 Å². The average Bonchev–Trinajstić information content (AvgIpc) is 4.30. The summed E-state index contributed by atoms with van der Waals surface area (Å²) in [6, 6.07) is 22.6. The lowest BCUT2D eigenvalue weighted by atomic mass is 9.85. The number of carbonyl (C=O) groups excluding carboxylic acids is 2. The van der Waals surface area contributed by atoms with Crippen LogP contribution in [0.3, 0.4) is 0 Å². The summed E-state index contributed by atoms with van der Waals surface area (Å²) < 4.78 is 46.9. The van der Waals surface area contributed by atoms with E-state index in [4.69, 9.17) is 23.4 Å². The minimum atomic E-state index is -3.65. The fraction of sp³-hybridized carbons (Fsp3) is 0.631. The molecule has 2 fully saturated rings. The van der Waals surface area contributed by atoms with E-state index in [1.807, 2.05) is 67.3 Å². The quantitative estimate of drug-likeness (QED) is 0.0241. The molecule has 1 amide bonds. The molecule has 12 nitrogen and oxygen atoms in total. The number of ether oxygens (including phenoxy) is 3. The molecule has 1 saturated carbocycles. The average molecular weight is 1090 g/mol. The monoisotopic (exact) mass is 1090 g/mol. The minimum Gasteiger partial charge on any atom is -0.497 e. The Labute approximate surface area is 470 Å². The van der Waals surface area contributed by atoms with Crippen molar-refractivity contribution in [2.24, 2.45) is 17.3 Å². The lowest BCUT2D eigenvalue weighted by molar-refractivity contribution is -0.141. The number of aromatic nitrogens is 2. The Morgan fingerprint density at radius 3 is 1.87 bits per heavy atom. The lowest BCUT2D eigenvalue weighted by Crippen LogP contribution is -2.41. The van der Waals surface area contributed by atoms with Gasteiger partial charge in [0, 0.05) is 43.7 Å². The second-order valence-electron chi connectivity index (χ2n) is 23.4. The van der Waals surface area contributed by atoms with Crippen LogP contribution in [-0.2, 0) is 23.8 Å². The first-order valence-electron chi connectivity index (χ1n) is 30.1. The van der Waals surface area contributed by atoms with Gasteiger partial charge in [-0.3, -0.25) is 18.7 Å². The summed E-state index contributed by atoms with van der Waals surface area (Å²) in [5, 5.41) is 0. The highest BCUT2D eigenvalue weighted by Crippen LogP contribution is 2.45. The molecule has 1 atom stereocenters. The number of esters is 1. The first kappa shape index (κ1) is 62.2. The van der Waals surface area contributed by atoms with E-state index in [-0.39, 0.29) is 34.7 Å². The van der Waals surface area contributed by atoms with Crippen LogP contribution in [0.4, 0.5) is 11.5 Å². The maximum atomic E-state index is 15.0. The van der Waals surface area contributed by atoms with E-state index in [1.165, 1.54) is 110 Å². The Balaban J connectivity index is 0.835. The van der Waals surface area contributed by atoms with E-state index in [1.54, 1.807) is 37.6 Å². The molecule has 0 unspecified atom stereocenters. The Kier molecular flexibility index (Phi) is 26.2. The minimum absolute atomic E-state index is 0.0426. The number of rotatable bonds is 38. The van der Waals surface area contributed by atoms with Crippen LogP contribution in [0.2, 0.25) is 0 Å². The van der Waals surface area contributed by atoms with Crippen LogP contribution in [-0.4, -0.2) is 77.3 Å². The molecule has 2 aliphatic rings. The Bertz CT molecular complexity index is 2510. The largest absolute Gasteiger partial charge is 0.497 e. The summed E-state index contributed by atoms with van der Waals surface area (Å²) in [5.41, 5.74) is 4.43. The molecule has 1 saturated heterocycles. The normalized spacial score (nSPS) is 14.6. The van der Waals surface area contributed by atoms with Gasteiger partial charge in [0.2, 0.25) is 5.88 Å². The summed E-state index contributed by atoms with van der Waals surface area (Å²) >= 11 is 0. The topological polar surface area (TPSA) is 137 Å². The third kappa shape index (κ3) is 21.6. The maximum Gasteiger partial charge on any atom is 0.306 e. The molecule has 1 aliphatic carbocycles. The number of hydrogen-bond donors (Lipinski definition) is 0. The van der Waals surface area contributed by atoms with Crippen LogP contribution in [0.25, 0.3) is 0 Å². The van der Waals surface area contributed by atoms with E-state index >= 15 is 0 Å². The fourth-order valence-electron chi connectivity index (χ4n) is 11.1. The van der Waals surface area contributed by atoms with Crippen molar-refractivity contribution < 1.29 is 36.4 Å². The van der Waals surface area contributed by atoms with E-state index in [0.29, 0.717) is 48.7 Å². The van der Waals surface area contributed by atoms with Crippen molar-refractivity contribution in [1.29, 1.82) is 0 Å². The van der Waals surface area contributed by atoms with E-state index in [9.17, 15) is 18.0 Å². The van der Waals surface area contributed by atoms with Gasteiger partial charge < -0.3 is 19.1 Å². The Morgan fingerprint density at radius 2 is 1.31 bits per heavy atom. The second-order valence-corrected chi connectivity index (χ2v) is 25.0. The van der Waals surface area contributed by atoms with Crippen molar-refractivity contribution in [2.45, 2.75) is 205 Å². The zero-order chi connectivity index (χ0) is 55.6. The predicted molar refractivity (Wildman–Crippen MR) is 315 cm³/mol. The number of benzene rings is 2. The zero-order valence-electron chi connectivity index (χ0n) is 48.6. The van der Waals surface area contributed by atoms with Gasteiger partial charge >= 0.3 is 5.97 Å². The van der Waals surface area contributed by atoms with E-state index in [2.05, 4.69) is 23.7 Å². The highest BCUT2D eigenvalue weighted by molar-refractivity contribution is 7.86. The molecule has 78 heavy (non-hydrogen) atoms. The van der Waals surface area contributed by atoms with Gasteiger partial charge in [-0.25, -0.2) is 9.97 Å². The number of hydrogen-bond acceptors (Lipinski definition) is 11. The van der Waals surface area contributed by atoms with Crippen molar-refractivity contribution in [3.05, 3.63) is 101 Å². The van der Waals surface area contributed by atoms with Crippen LogP contribution >= 0.6 is 0 Å². The maximum absolute atomic E-state index is 15.0. The molecular formula is C65H96N4O8S. The SMILES string of the molecule is COC(=O)C[C@H](c1ccnc(OCC2CCN(c3cc(OC)ccc3C(=O)N(CC(C)(C)CCCCCCCCCCCCCCCCCCCCCCOS(=O)(=O)c3ccc(C)cc3)c3cccc(C)n3)CC2)c1)C1CC1. The van der Waals surface area contributed by atoms with Crippen molar-refractivity contribution in [2.75, 3.05) is 56.9 Å². The molecule has 430 valence electrons. The molecule has 2 aromatic heterocycles. The highest BCUT2D eigenvalue weighted by Gasteiger charge is 2.35. The number of unbranched alkanes of at least 4 members (excludes halogenated alkanes) is 19. The van der Waals surface area contributed by atoms with Gasteiger partial charge in [0.25, 0.3) is 16.0 Å². The zero-order valence-corrected chi connectivity index (χ0v) is 49.4. The molecule has 6 rings (SSSR count). The number of carbonyl (C=O) groups is 2. The summed E-state index contributed by atoms with van der Waals surface area (Å²) in [6.45, 7) is 11.5. The van der Waals surface area contributed by atoms with Crippen molar-refractivity contribution >= 4 is 33.5 Å². The van der Waals surface area contributed by atoms with E-state index < -0.39 is 10.1 Å². The number of pyridine rings is 2. The summed E-state index contributed by atoms with van der Waals surface area (Å²) in [4.78, 5) is 41.1. The number of piperidine rings is 1. The summed E-state index contributed by atoms with van der Waals surface area (Å²) in [6.07, 6.45) is 32.3. The molecule has 0 N–H and O–H groups in total. The van der Waals surface area contributed by atoms with Crippen LogP contribution in [0.1, 0.15) is 214 Å². The van der Waals surface area contributed by atoms with Crippen LogP contribution in [0, 0.1) is 31.1 Å². The van der Waals surface area contributed by atoms with Crippen LogP contribution < -0.4 is 19.3 Å². The predicted octanol–water partition coefficient (Wildman–Crippen LogP) is 15.7.